The molecule has 1 aromatic carbocycles. The lowest BCUT2D eigenvalue weighted by Gasteiger charge is -2.45. The highest BCUT2D eigenvalue weighted by Crippen LogP contribution is 2.43. The molecule has 174 valence electrons. The number of halogens is 1. The number of carbonyl (C=O) groups excluding carboxylic acids is 1. The summed E-state index contributed by atoms with van der Waals surface area (Å²) in [6.07, 6.45) is 9.82. The number of thiophene rings is 1. The number of benzene rings is 1. The summed E-state index contributed by atoms with van der Waals surface area (Å²) in [6, 6.07) is 4.65. The SMILES string of the molecule is CC(C)(C)[C@H]1CCCC(NC(=O)c2csc3ccc(F)cc23)[C@H]1CC=CCCCC(=O)O. The first kappa shape index (κ1) is 24.4. The molecule has 0 spiro atoms. The van der Waals surface area contributed by atoms with Gasteiger partial charge in [-0.05, 0) is 67.6 Å². The molecule has 1 fully saturated rings. The van der Waals surface area contributed by atoms with Crippen molar-refractivity contribution >= 4 is 33.3 Å². The van der Waals surface area contributed by atoms with E-state index >= 15 is 0 Å². The van der Waals surface area contributed by atoms with Crippen LogP contribution in [0.4, 0.5) is 4.39 Å². The van der Waals surface area contributed by atoms with E-state index in [-0.39, 0.29) is 29.6 Å². The smallest absolute Gasteiger partial charge is 0.303 e. The Kier molecular flexibility index (Phi) is 8.10. The zero-order valence-electron chi connectivity index (χ0n) is 19.2. The van der Waals surface area contributed by atoms with E-state index in [1.807, 2.05) is 5.38 Å². The van der Waals surface area contributed by atoms with Crippen molar-refractivity contribution in [2.75, 3.05) is 0 Å². The van der Waals surface area contributed by atoms with Gasteiger partial charge < -0.3 is 10.4 Å². The summed E-state index contributed by atoms with van der Waals surface area (Å²) in [5.74, 6) is -0.438. The molecule has 0 saturated heterocycles. The Morgan fingerprint density at radius 2 is 2.03 bits per heavy atom. The molecule has 1 unspecified atom stereocenters. The molecule has 6 heteroatoms. The van der Waals surface area contributed by atoms with Crippen LogP contribution in [0.25, 0.3) is 10.1 Å². The van der Waals surface area contributed by atoms with Gasteiger partial charge in [-0.1, -0.05) is 39.3 Å². The van der Waals surface area contributed by atoms with Gasteiger partial charge in [0.05, 0.1) is 5.56 Å². The number of carboxylic acid groups (broad SMARTS) is 1. The van der Waals surface area contributed by atoms with Crippen LogP contribution in [-0.2, 0) is 4.79 Å². The molecule has 0 aliphatic heterocycles. The van der Waals surface area contributed by atoms with Crippen LogP contribution in [0.3, 0.4) is 0 Å². The number of carbonyl (C=O) groups is 2. The number of fused-ring (bicyclic) bond motifs is 1. The monoisotopic (exact) mass is 459 g/mol. The van der Waals surface area contributed by atoms with Crippen molar-refractivity contribution in [3.8, 4) is 0 Å². The summed E-state index contributed by atoms with van der Waals surface area (Å²) < 4.78 is 14.7. The van der Waals surface area contributed by atoms with E-state index in [1.54, 1.807) is 6.07 Å². The zero-order valence-corrected chi connectivity index (χ0v) is 20.0. The highest BCUT2D eigenvalue weighted by molar-refractivity contribution is 7.17. The summed E-state index contributed by atoms with van der Waals surface area (Å²) in [6.45, 7) is 6.79. The second-order valence-corrected chi connectivity index (χ2v) is 10.8. The zero-order chi connectivity index (χ0) is 23.3. The molecule has 0 bridgehead atoms. The van der Waals surface area contributed by atoms with E-state index < -0.39 is 5.97 Å². The topological polar surface area (TPSA) is 66.4 Å². The Labute approximate surface area is 193 Å². The maximum Gasteiger partial charge on any atom is 0.303 e. The molecule has 2 aromatic rings. The van der Waals surface area contributed by atoms with Crippen LogP contribution < -0.4 is 5.32 Å². The summed E-state index contributed by atoms with van der Waals surface area (Å²) in [5.41, 5.74) is 0.675. The third-order valence-corrected chi connectivity index (χ3v) is 7.57. The number of nitrogens with one attached hydrogen (secondary N) is 1. The van der Waals surface area contributed by atoms with E-state index in [0.29, 0.717) is 29.2 Å². The standard InChI is InChI=1S/C26H34FNO3S/c1-26(2,3)21-10-8-11-22(18(21)9-6-4-5-7-12-24(29)30)28-25(31)20-16-32-23-14-13-17(27)15-19(20)23/h4,6,13-16,18,21-22H,5,7-12H2,1-3H3,(H,28,31)(H,29,30)/t18-,21-,22?/m0/s1. The van der Waals surface area contributed by atoms with Gasteiger partial charge in [-0.3, -0.25) is 9.59 Å². The lowest BCUT2D eigenvalue weighted by molar-refractivity contribution is -0.137. The van der Waals surface area contributed by atoms with Crippen molar-refractivity contribution in [3.63, 3.8) is 0 Å². The average molecular weight is 460 g/mol. The Balaban J connectivity index is 1.74. The number of rotatable bonds is 8. The molecule has 1 aliphatic carbocycles. The van der Waals surface area contributed by atoms with Gasteiger partial charge in [0.2, 0.25) is 0 Å². The first-order valence-electron chi connectivity index (χ1n) is 11.5. The third kappa shape index (κ3) is 6.18. The van der Waals surface area contributed by atoms with E-state index in [2.05, 4.69) is 38.2 Å². The number of aliphatic carboxylic acids is 1. The van der Waals surface area contributed by atoms with Crippen molar-refractivity contribution in [1.82, 2.24) is 5.32 Å². The van der Waals surface area contributed by atoms with E-state index in [0.717, 1.165) is 36.8 Å². The predicted octanol–water partition coefficient (Wildman–Crippen LogP) is 6.80. The van der Waals surface area contributed by atoms with E-state index in [4.69, 9.17) is 5.11 Å². The fraction of sp³-hybridized carbons (Fsp3) is 0.538. The summed E-state index contributed by atoms with van der Waals surface area (Å²) in [5, 5.41) is 14.6. The summed E-state index contributed by atoms with van der Waals surface area (Å²) in [7, 11) is 0. The minimum Gasteiger partial charge on any atom is -0.481 e. The molecular weight excluding hydrogens is 425 g/mol. The van der Waals surface area contributed by atoms with E-state index in [9.17, 15) is 14.0 Å². The van der Waals surface area contributed by atoms with Crippen LogP contribution in [0.5, 0.6) is 0 Å². The Morgan fingerprint density at radius 3 is 2.75 bits per heavy atom. The van der Waals surface area contributed by atoms with Gasteiger partial charge >= 0.3 is 5.97 Å². The fourth-order valence-electron chi connectivity index (χ4n) is 5.01. The second kappa shape index (κ2) is 10.6. The van der Waals surface area contributed by atoms with Gasteiger partial charge in [-0.25, -0.2) is 4.39 Å². The highest BCUT2D eigenvalue weighted by atomic mass is 32.1. The Hall–Kier alpha value is -2.21. The van der Waals surface area contributed by atoms with E-state index in [1.165, 1.54) is 23.5 Å². The van der Waals surface area contributed by atoms with Crippen molar-refractivity contribution in [2.24, 2.45) is 17.3 Å². The summed E-state index contributed by atoms with van der Waals surface area (Å²) in [4.78, 5) is 23.9. The van der Waals surface area contributed by atoms with Gasteiger partial charge in [0.15, 0.2) is 0 Å². The van der Waals surface area contributed by atoms with Crippen molar-refractivity contribution in [3.05, 3.63) is 47.1 Å². The van der Waals surface area contributed by atoms with Crippen LogP contribution >= 0.6 is 11.3 Å². The van der Waals surface area contributed by atoms with Crippen molar-refractivity contribution in [1.29, 1.82) is 0 Å². The first-order valence-corrected chi connectivity index (χ1v) is 12.4. The van der Waals surface area contributed by atoms with Gasteiger partial charge in [-0.2, -0.15) is 0 Å². The number of hydrogen-bond acceptors (Lipinski definition) is 3. The molecule has 1 aliphatic rings. The molecule has 0 radical (unpaired) electrons. The number of allylic oxidation sites excluding steroid dienone is 2. The second-order valence-electron chi connectivity index (χ2n) is 9.93. The van der Waals surface area contributed by atoms with Crippen LogP contribution in [0, 0.1) is 23.1 Å². The molecular formula is C26H34FNO3S. The molecule has 1 aromatic heterocycles. The number of amides is 1. The minimum absolute atomic E-state index is 0.0626. The normalized spacial score (nSPS) is 21.8. The number of hydrogen-bond donors (Lipinski definition) is 2. The maximum absolute atomic E-state index is 13.8. The largest absolute Gasteiger partial charge is 0.481 e. The highest BCUT2D eigenvalue weighted by Gasteiger charge is 2.39. The molecule has 3 rings (SSSR count). The third-order valence-electron chi connectivity index (χ3n) is 6.61. The lowest BCUT2D eigenvalue weighted by Crippen LogP contribution is -2.48. The van der Waals surface area contributed by atoms with Gasteiger partial charge in [0.25, 0.3) is 5.91 Å². The van der Waals surface area contributed by atoms with Gasteiger partial charge in [0.1, 0.15) is 5.82 Å². The molecule has 1 heterocycles. The summed E-state index contributed by atoms with van der Waals surface area (Å²) >= 11 is 1.46. The van der Waals surface area contributed by atoms with Crippen LogP contribution in [0.15, 0.2) is 35.7 Å². The Bertz CT molecular complexity index is 975. The minimum atomic E-state index is -0.762. The molecule has 32 heavy (non-hydrogen) atoms. The predicted molar refractivity (Wildman–Crippen MR) is 129 cm³/mol. The fourth-order valence-corrected chi connectivity index (χ4v) is 5.94. The maximum atomic E-state index is 13.8. The average Bonchev–Trinajstić information content (AvgIpc) is 3.13. The van der Waals surface area contributed by atoms with Crippen molar-refractivity contribution < 1.29 is 19.1 Å². The van der Waals surface area contributed by atoms with Crippen molar-refractivity contribution in [2.45, 2.75) is 71.8 Å². The lowest BCUT2D eigenvalue weighted by atomic mass is 9.63. The van der Waals surface area contributed by atoms with Crippen LogP contribution in [0.1, 0.15) is 76.1 Å². The quantitative estimate of drug-likeness (QED) is 0.337. The number of carboxylic acids is 1. The molecule has 4 nitrogen and oxygen atoms in total. The number of unbranched alkanes of at least 4 members (excludes halogenated alkanes) is 1. The molecule has 1 saturated carbocycles. The van der Waals surface area contributed by atoms with Gasteiger partial charge in [-0.15, -0.1) is 11.3 Å². The Morgan fingerprint density at radius 1 is 1.25 bits per heavy atom. The van der Waals surface area contributed by atoms with Crippen LogP contribution in [-0.4, -0.2) is 23.0 Å². The van der Waals surface area contributed by atoms with Gasteiger partial charge in [0, 0.05) is 27.9 Å². The first-order chi connectivity index (χ1) is 15.2. The molecule has 3 atom stereocenters. The van der Waals surface area contributed by atoms with Crippen LogP contribution in [0.2, 0.25) is 0 Å². The molecule has 1 amide bonds. The molecule has 2 N–H and O–H groups in total.